The lowest BCUT2D eigenvalue weighted by molar-refractivity contribution is -0.278. The van der Waals surface area contributed by atoms with Crippen LogP contribution in [0.3, 0.4) is 0 Å². The Hall–Kier alpha value is -8.25. The molecule has 0 unspecified atom stereocenters. The number of halogens is 19. The first-order valence-electron chi connectivity index (χ1n) is 21.9. The van der Waals surface area contributed by atoms with Crippen LogP contribution in [0.1, 0.15) is 22.8 Å². The van der Waals surface area contributed by atoms with Gasteiger partial charge in [-0.25, -0.2) is 84.6 Å². The average Bonchev–Trinajstić information content (AvgIpc) is 4.37. The molecule has 4 aromatic carbocycles. The number of hydrogen-bond donors (Lipinski definition) is 6. The fourth-order valence-electron chi connectivity index (χ4n) is 8.95. The summed E-state index contributed by atoms with van der Waals surface area (Å²) in [4.78, 5) is 12.5. The molecule has 0 saturated carbocycles. The molecule has 79 heavy (non-hydrogen) atoms. The van der Waals surface area contributed by atoms with Crippen molar-refractivity contribution in [3.63, 3.8) is 0 Å². The largest absolute Gasteiger partial charge is 0.456 e. The van der Waals surface area contributed by atoms with Crippen LogP contribution in [0.25, 0.3) is 90.9 Å². The Labute approximate surface area is 424 Å². The zero-order chi connectivity index (χ0) is 57.3. The van der Waals surface area contributed by atoms with Crippen molar-refractivity contribution in [3.8, 4) is 50.3 Å². The zero-order valence-corrected chi connectivity index (χ0v) is 37.9. The van der Waals surface area contributed by atoms with Crippen LogP contribution in [-0.2, 0) is 4.74 Å². The Morgan fingerprint density at radius 1 is 0.354 bits per heavy atom. The molecular weight excluding hydrogens is 1110 g/mol. The summed E-state index contributed by atoms with van der Waals surface area (Å²) < 4.78 is 306. The highest BCUT2D eigenvalue weighted by atomic mass is 19.2. The van der Waals surface area contributed by atoms with E-state index in [-0.39, 0.29) is 0 Å². The summed E-state index contributed by atoms with van der Waals surface area (Å²) in [7, 11) is 0. The molecule has 10 rings (SSSR count). The molecule has 0 amide bonds. The van der Waals surface area contributed by atoms with Gasteiger partial charge in [-0.05, 0) is 48.6 Å². The van der Waals surface area contributed by atoms with Gasteiger partial charge in [-0.3, -0.25) is 0 Å². The summed E-state index contributed by atoms with van der Waals surface area (Å²) in [6.07, 6.45) is -8.91. The van der Waals surface area contributed by atoms with E-state index in [0.717, 1.165) is 0 Å². The predicted octanol–water partition coefficient (Wildman–Crippen LogP) is 11.1. The molecule has 3 aliphatic rings. The third kappa shape index (κ3) is 8.19. The second-order valence-electron chi connectivity index (χ2n) is 17.1. The van der Waals surface area contributed by atoms with E-state index >= 15 is 70.2 Å². The van der Waals surface area contributed by atoms with Crippen LogP contribution in [0.2, 0.25) is 0 Å². The van der Waals surface area contributed by atoms with Gasteiger partial charge in [0.25, 0.3) is 0 Å². The maximum Gasteiger partial charge on any atom is 0.229 e. The molecule has 6 heterocycles. The summed E-state index contributed by atoms with van der Waals surface area (Å²) in [6, 6.07) is 2.43. The quantitative estimate of drug-likeness (QED) is 0.0523. The maximum absolute atomic E-state index is 16.8. The summed E-state index contributed by atoms with van der Waals surface area (Å²) >= 11 is 0. The second-order valence-corrected chi connectivity index (χ2v) is 17.1. The fourth-order valence-corrected chi connectivity index (χ4v) is 8.95. The molecule has 5 atom stereocenters. The van der Waals surface area contributed by atoms with Gasteiger partial charge in [-0.1, -0.05) is 0 Å². The van der Waals surface area contributed by atoms with Crippen molar-refractivity contribution in [2.45, 2.75) is 30.7 Å². The standard InChI is InChI=1S/C50H21F19N4O6/c51-27-23(28(52)36(60)41(65)35(27)59)19-10-1-3-12(70-10)20(24-29(53)37(61)42(66)38(62)30(24)54)14-5-7-16(72-14)22(26-33(57)44(68)49(45(69)34(26)58)79-50-48(77)47(76)46(75)18(9-74)78-50)17-8-6-15(73-17)21(13-4-2-11(19)71-13)25-31(55)39(63)43(67)40(64)32(25)56/h1-8,18,46-48,50,70,73-77H,9H2/t18-,46-,47+,48-,50-/m1/s1. The molecule has 1 saturated heterocycles. The molecule has 10 nitrogen and oxygen atoms in total. The van der Waals surface area contributed by atoms with Gasteiger partial charge in [0, 0.05) is 44.3 Å². The van der Waals surface area contributed by atoms with E-state index in [1.165, 1.54) is 0 Å². The lowest BCUT2D eigenvalue weighted by Gasteiger charge is -2.39. The highest BCUT2D eigenvalue weighted by molar-refractivity contribution is 6.00. The number of hydrogen-bond acceptors (Lipinski definition) is 8. The molecule has 1 fully saturated rings. The minimum atomic E-state index is -2.75. The van der Waals surface area contributed by atoms with Crippen LogP contribution >= 0.6 is 0 Å². The molecule has 0 aliphatic carbocycles. The molecule has 0 spiro atoms. The molecule has 3 aliphatic heterocycles. The van der Waals surface area contributed by atoms with Gasteiger partial charge >= 0.3 is 0 Å². The van der Waals surface area contributed by atoms with Crippen molar-refractivity contribution in [2.75, 3.05) is 6.61 Å². The van der Waals surface area contributed by atoms with Gasteiger partial charge in [-0.15, -0.1) is 0 Å². The summed E-state index contributed by atoms with van der Waals surface area (Å²) in [5.74, 6) is -52.1. The number of aromatic nitrogens is 4. The zero-order valence-electron chi connectivity index (χ0n) is 37.9. The van der Waals surface area contributed by atoms with Crippen LogP contribution < -0.4 is 4.74 Å². The molecule has 8 bridgehead atoms. The van der Waals surface area contributed by atoms with Gasteiger partial charge in [0.15, 0.2) is 87.2 Å². The number of H-pyrrole nitrogens is 2. The lowest BCUT2D eigenvalue weighted by atomic mass is 9.99. The maximum atomic E-state index is 16.8. The van der Waals surface area contributed by atoms with Crippen LogP contribution in [-0.4, -0.2) is 77.7 Å². The highest BCUT2D eigenvalue weighted by Gasteiger charge is 2.46. The van der Waals surface area contributed by atoms with Gasteiger partial charge in [0.1, 0.15) is 24.4 Å². The van der Waals surface area contributed by atoms with Crippen molar-refractivity contribution in [2.24, 2.45) is 0 Å². The molecule has 29 heteroatoms. The van der Waals surface area contributed by atoms with Crippen molar-refractivity contribution in [1.82, 2.24) is 19.9 Å². The first-order chi connectivity index (χ1) is 37.3. The molecule has 3 aromatic heterocycles. The van der Waals surface area contributed by atoms with Crippen molar-refractivity contribution < 1.29 is 113 Å². The van der Waals surface area contributed by atoms with Gasteiger partial charge in [0.05, 0.1) is 51.6 Å². The number of ether oxygens (including phenoxy) is 2. The predicted molar refractivity (Wildman–Crippen MR) is 234 cm³/mol. The van der Waals surface area contributed by atoms with Crippen molar-refractivity contribution in [1.29, 1.82) is 0 Å². The van der Waals surface area contributed by atoms with Crippen LogP contribution in [0, 0.1) is 111 Å². The monoisotopic (exact) mass is 1130 g/mol. The lowest BCUT2D eigenvalue weighted by Crippen LogP contribution is -2.60. The Morgan fingerprint density at radius 2 is 0.608 bits per heavy atom. The summed E-state index contributed by atoms with van der Waals surface area (Å²) in [5, 5.41) is 40.3. The first kappa shape index (κ1) is 54.1. The topological polar surface area (TPSA) is 157 Å². The number of nitrogens with zero attached hydrogens (tertiary/aromatic N) is 2. The normalized spacial score (nSPS) is 18.1. The van der Waals surface area contributed by atoms with Crippen molar-refractivity contribution >= 4 is 46.4 Å². The van der Waals surface area contributed by atoms with E-state index in [0.29, 0.717) is 48.6 Å². The average molecular weight is 1130 g/mol. The number of rotatable bonds is 7. The number of fused-ring (bicyclic) bond motifs is 8. The van der Waals surface area contributed by atoms with E-state index in [2.05, 4.69) is 19.9 Å². The second kappa shape index (κ2) is 19.6. The molecule has 7 aromatic rings. The third-order valence-corrected chi connectivity index (χ3v) is 12.7. The SMILES string of the molecule is OC[C@H]1O[C@H](Oc2c(F)c(F)c(-c3c4nc(c(-c5c(F)c(F)c(F)c(F)c5F)c5ccc([nH]5)c(-c5c(F)c(F)c(F)c(F)c5F)c5nc(c(-c6c(F)c(F)c(F)c(F)c6F)c6ccc3[nH]6)C=C5)C=C4)c(F)c2F)[C@H](O)[C@@H](O)[C@@H]1O. The van der Waals surface area contributed by atoms with Gasteiger partial charge in [-0.2, -0.15) is 8.78 Å². The minimum absolute atomic E-state index is 0.579. The number of nitrogens with one attached hydrogen (secondary N) is 2. The number of aromatic amines is 2. The Kier molecular flexibility index (Phi) is 13.4. The van der Waals surface area contributed by atoms with Crippen LogP contribution in [0.15, 0.2) is 24.3 Å². The highest BCUT2D eigenvalue weighted by Crippen LogP contribution is 2.46. The molecule has 410 valence electrons. The smallest absolute Gasteiger partial charge is 0.229 e. The van der Waals surface area contributed by atoms with Crippen LogP contribution in [0.4, 0.5) is 83.4 Å². The Bertz CT molecular complexity index is 3890. The van der Waals surface area contributed by atoms with E-state index in [1.807, 2.05) is 0 Å². The number of benzene rings is 4. The van der Waals surface area contributed by atoms with Crippen molar-refractivity contribution in [3.05, 3.63) is 158 Å². The van der Waals surface area contributed by atoms with Gasteiger partial charge in [0.2, 0.25) is 35.4 Å². The molecule has 0 radical (unpaired) electrons. The minimum Gasteiger partial charge on any atom is -0.456 e. The first-order valence-corrected chi connectivity index (χ1v) is 21.9. The van der Waals surface area contributed by atoms with Gasteiger partial charge < -0.3 is 39.9 Å². The Morgan fingerprint density at radius 3 is 0.873 bits per heavy atom. The number of aliphatic hydroxyl groups excluding tert-OH is 4. The molecule has 6 N–H and O–H groups in total. The fraction of sp³-hybridized carbons (Fsp3) is 0.120. The number of aliphatic hydroxyl groups is 4. The van der Waals surface area contributed by atoms with E-state index in [9.17, 15) is 33.6 Å². The third-order valence-electron chi connectivity index (χ3n) is 12.7. The van der Waals surface area contributed by atoms with E-state index in [4.69, 9.17) is 9.47 Å². The van der Waals surface area contributed by atoms with Crippen LogP contribution in [0.5, 0.6) is 5.75 Å². The summed E-state index contributed by atoms with van der Waals surface area (Å²) in [6.45, 7) is -1.15. The Balaban J connectivity index is 1.40. The van der Waals surface area contributed by atoms with E-state index in [1.54, 1.807) is 0 Å². The summed E-state index contributed by atoms with van der Waals surface area (Å²) in [5.41, 5.74) is -21.1. The molecular formula is C50H21F19N4O6. The van der Waals surface area contributed by atoms with E-state index < -0.39 is 243 Å².